The number of allylic oxidation sites excluding steroid dienone is 3. The second kappa shape index (κ2) is 2.89. The average Bonchev–Trinajstić information content (AvgIpc) is 2.18. The molecule has 2 rings (SSSR count). The molecular formula is C11H14N2. The van der Waals surface area contributed by atoms with Gasteiger partial charge in [-0.15, -0.1) is 0 Å². The minimum atomic E-state index is 0.0152. The zero-order valence-corrected chi connectivity index (χ0v) is 7.77. The smallest absolute Gasteiger partial charge is 0.0418 e. The molecule has 2 aliphatic heterocycles. The highest BCUT2D eigenvalue weighted by Crippen LogP contribution is 2.29. The minimum Gasteiger partial charge on any atom is -0.329 e. The number of nitrogens with two attached hydrogens (primary N) is 1. The van der Waals surface area contributed by atoms with E-state index in [-0.39, 0.29) is 5.41 Å². The summed E-state index contributed by atoms with van der Waals surface area (Å²) in [5.41, 5.74) is 6.92. The molecule has 0 saturated heterocycles. The number of rotatable bonds is 1. The predicted molar refractivity (Wildman–Crippen MR) is 54.5 cm³/mol. The van der Waals surface area contributed by atoms with Crippen LogP contribution in [0.4, 0.5) is 0 Å². The van der Waals surface area contributed by atoms with Crippen LogP contribution in [0.25, 0.3) is 0 Å². The zero-order chi connectivity index (χ0) is 9.31. The van der Waals surface area contributed by atoms with Crippen molar-refractivity contribution in [2.24, 2.45) is 11.1 Å². The van der Waals surface area contributed by atoms with Gasteiger partial charge in [0.05, 0.1) is 0 Å². The van der Waals surface area contributed by atoms with Crippen LogP contribution in [-0.4, -0.2) is 11.4 Å². The van der Waals surface area contributed by atoms with Crippen LogP contribution in [0.5, 0.6) is 0 Å². The van der Waals surface area contributed by atoms with Gasteiger partial charge in [-0.05, 0) is 18.2 Å². The Morgan fingerprint density at radius 3 is 3.00 bits per heavy atom. The number of fused-ring (bicyclic) bond motifs is 1. The molecule has 0 aromatic rings. The molecule has 0 saturated carbocycles. The molecule has 1 unspecified atom stereocenters. The molecule has 0 bridgehead atoms. The van der Waals surface area contributed by atoms with Crippen molar-refractivity contribution in [1.29, 1.82) is 0 Å². The molecule has 0 aliphatic carbocycles. The molecule has 0 aromatic carbocycles. The number of hydrogen-bond donors (Lipinski definition) is 1. The second-order valence-corrected chi connectivity index (χ2v) is 3.70. The van der Waals surface area contributed by atoms with Crippen molar-refractivity contribution in [2.45, 2.75) is 6.92 Å². The monoisotopic (exact) mass is 174 g/mol. The quantitative estimate of drug-likeness (QED) is 0.656. The Hall–Kier alpha value is -1.28. The van der Waals surface area contributed by atoms with E-state index >= 15 is 0 Å². The lowest BCUT2D eigenvalue weighted by atomic mass is 9.87. The molecule has 0 radical (unpaired) electrons. The van der Waals surface area contributed by atoms with Gasteiger partial charge in [-0.3, -0.25) is 0 Å². The van der Waals surface area contributed by atoms with Gasteiger partial charge in [0, 0.05) is 30.1 Å². The Kier molecular flexibility index (Phi) is 1.85. The van der Waals surface area contributed by atoms with E-state index in [4.69, 9.17) is 5.73 Å². The van der Waals surface area contributed by atoms with Crippen LogP contribution < -0.4 is 5.73 Å². The maximum Gasteiger partial charge on any atom is 0.0418 e. The third kappa shape index (κ3) is 1.45. The Balaban J connectivity index is 2.33. The Labute approximate surface area is 78.7 Å². The fourth-order valence-corrected chi connectivity index (χ4v) is 1.49. The second-order valence-electron chi connectivity index (χ2n) is 3.70. The molecular weight excluding hydrogens is 160 g/mol. The van der Waals surface area contributed by atoms with Crippen LogP contribution in [-0.2, 0) is 0 Å². The molecule has 1 atom stereocenters. The zero-order valence-electron chi connectivity index (χ0n) is 7.77. The fraction of sp³-hybridized carbons (Fsp3) is 0.273. The Bertz CT molecular complexity index is 323. The van der Waals surface area contributed by atoms with E-state index in [1.54, 1.807) is 0 Å². The normalized spacial score (nSPS) is 30.3. The summed E-state index contributed by atoms with van der Waals surface area (Å²) < 4.78 is 0. The molecule has 0 fully saturated rings. The minimum absolute atomic E-state index is 0.0152. The standard InChI is InChI=1S/C11H14N2/c1-11(9-12)5-7-13-6-3-2-4-10(13)8-11/h2-8H,9,12H2,1H3. The SMILES string of the molecule is CC1(CN)C=CN2C=CC=CC2=C1. The van der Waals surface area contributed by atoms with Crippen LogP contribution in [0.2, 0.25) is 0 Å². The number of hydrogen-bond acceptors (Lipinski definition) is 2. The first-order chi connectivity index (χ1) is 6.23. The Morgan fingerprint density at radius 1 is 1.38 bits per heavy atom. The van der Waals surface area contributed by atoms with Crippen molar-refractivity contribution in [3.8, 4) is 0 Å². The first-order valence-electron chi connectivity index (χ1n) is 4.49. The van der Waals surface area contributed by atoms with Gasteiger partial charge in [0.15, 0.2) is 0 Å². The largest absolute Gasteiger partial charge is 0.329 e. The third-order valence-electron chi connectivity index (χ3n) is 2.46. The van der Waals surface area contributed by atoms with E-state index in [0.29, 0.717) is 6.54 Å². The number of nitrogens with zero attached hydrogens (tertiary/aromatic N) is 1. The van der Waals surface area contributed by atoms with Gasteiger partial charge in [0.25, 0.3) is 0 Å². The summed E-state index contributed by atoms with van der Waals surface area (Å²) in [4.78, 5) is 2.09. The van der Waals surface area contributed by atoms with Gasteiger partial charge in [-0.1, -0.05) is 19.1 Å². The van der Waals surface area contributed by atoms with Gasteiger partial charge in [-0.2, -0.15) is 0 Å². The van der Waals surface area contributed by atoms with Gasteiger partial charge < -0.3 is 10.6 Å². The van der Waals surface area contributed by atoms with Gasteiger partial charge in [-0.25, -0.2) is 0 Å². The van der Waals surface area contributed by atoms with Crippen LogP contribution >= 0.6 is 0 Å². The molecule has 0 aromatic heterocycles. The molecule has 68 valence electrons. The topological polar surface area (TPSA) is 29.3 Å². The molecule has 2 nitrogen and oxygen atoms in total. The van der Waals surface area contributed by atoms with E-state index in [2.05, 4.69) is 36.3 Å². The summed E-state index contributed by atoms with van der Waals surface area (Å²) in [7, 11) is 0. The molecule has 2 N–H and O–H groups in total. The van der Waals surface area contributed by atoms with Crippen LogP contribution in [0.15, 0.2) is 48.5 Å². The van der Waals surface area contributed by atoms with E-state index in [1.807, 2.05) is 18.4 Å². The van der Waals surface area contributed by atoms with Crippen molar-refractivity contribution in [2.75, 3.05) is 6.54 Å². The highest BCUT2D eigenvalue weighted by molar-refractivity contribution is 5.35. The molecule has 2 aliphatic rings. The lowest BCUT2D eigenvalue weighted by molar-refractivity contribution is 0.500. The molecule has 0 spiro atoms. The Morgan fingerprint density at radius 2 is 2.23 bits per heavy atom. The van der Waals surface area contributed by atoms with Crippen LogP contribution in [0.1, 0.15) is 6.92 Å². The van der Waals surface area contributed by atoms with E-state index < -0.39 is 0 Å². The van der Waals surface area contributed by atoms with Crippen molar-refractivity contribution in [3.05, 3.63) is 48.5 Å². The molecule has 13 heavy (non-hydrogen) atoms. The summed E-state index contributed by atoms with van der Waals surface area (Å²) in [6.45, 7) is 2.79. The van der Waals surface area contributed by atoms with Crippen molar-refractivity contribution >= 4 is 0 Å². The fourth-order valence-electron chi connectivity index (χ4n) is 1.49. The van der Waals surface area contributed by atoms with Crippen LogP contribution in [0.3, 0.4) is 0 Å². The van der Waals surface area contributed by atoms with Gasteiger partial charge in [0.1, 0.15) is 0 Å². The van der Waals surface area contributed by atoms with Crippen molar-refractivity contribution < 1.29 is 0 Å². The predicted octanol–water partition coefficient (Wildman–Crippen LogP) is 1.75. The summed E-state index contributed by atoms with van der Waals surface area (Å²) in [6.07, 6.45) is 14.6. The van der Waals surface area contributed by atoms with E-state index in [9.17, 15) is 0 Å². The summed E-state index contributed by atoms with van der Waals surface area (Å²) >= 11 is 0. The van der Waals surface area contributed by atoms with Crippen molar-refractivity contribution in [1.82, 2.24) is 4.90 Å². The molecule has 0 amide bonds. The van der Waals surface area contributed by atoms with Gasteiger partial charge in [0.2, 0.25) is 0 Å². The summed E-state index contributed by atoms with van der Waals surface area (Å²) in [6, 6.07) is 0. The average molecular weight is 174 g/mol. The summed E-state index contributed by atoms with van der Waals surface area (Å²) in [5.74, 6) is 0. The first-order valence-corrected chi connectivity index (χ1v) is 4.49. The van der Waals surface area contributed by atoms with Crippen LogP contribution in [0, 0.1) is 5.41 Å². The third-order valence-corrected chi connectivity index (χ3v) is 2.46. The molecule has 2 heteroatoms. The lowest BCUT2D eigenvalue weighted by Crippen LogP contribution is -2.28. The van der Waals surface area contributed by atoms with Gasteiger partial charge >= 0.3 is 0 Å². The first kappa shape index (κ1) is 8.32. The highest BCUT2D eigenvalue weighted by atomic mass is 15.1. The highest BCUT2D eigenvalue weighted by Gasteiger charge is 2.22. The molecule has 2 heterocycles. The van der Waals surface area contributed by atoms with E-state index in [0.717, 1.165) is 0 Å². The summed E-state index contributed by atoms with van der Waals surface area (Å²) in [5, 5.41) is 0. The lowest BCUT2D eigenvalue weighted by Gasteiger charge is -2.31. The van der Waals surface area contributed by atoms with E-state index in [1.165, 1.54) is 5.70 Å². The maximum absolute atomic E-state index is 5.70. The maximum atomic E-state index is 5.70. The van der Waals surface area contributed by atoms with Crippen molar-refractivity contribution in [3.63, 3.8) is 0 Å².